The van der Waals surface area contributed by atoms with E-state index in [2.05, 4.69) is 12.1 Å². The molecule has 0 aliphatic heterocycles. The van der Waals surface area contributed by atoms with Crippen LogP contribution in [0, 0.1) is 98.1 Å². The van der Waals surface area contributed by atoms with E-state index in [1.165, 1.54) is 0 Å². The minimum absolute atomic E-state index is 0. The first kappa shape index (κ1) is 25.8. The van der Waals surface area contributed by atoms with E-state index in [4.69, 9.17) is 0 Å². The van der Waals surface area contributed by atoms with Crippen molar-refractivity contribution in [3.05, 3.63) is 81.9 Å². The van der Waals surface area contributed by atoms with Gasteiger partial charge in [0.15, 0.2) is 0 Å². The Hall–Kier alpha value is -0.152. The summed E-state index contributed by atoms with van der Waals surface area (Å²) in [5.41, 5.74) is 0. The van der Waals surface area contributed by atoms with Gasteiger partial charge in [0.1, 0.15) is 0 Å². The monoisotopic (exact) mass is 453 g/mol. The molecule has 0 radical (unpaired) electrons. The number of hydrogen-bond acceptors (Lipinski definition) is 1. The summed E-state index contributed by atoms with van der Waals surface area (Å²) >= 11 is 0.909. The average Bonchev–Trinajstić information content (AvgIpc) is 2.29. The number of rotatable bonds is 2. The molecular formula is C15H13F4SSm-5. The molecule has 21 heavy (non-hydrogen) atoms. The second kappa shape index (κ2) is 11.4. The van der Waals surface area contributed by atoms with Crippen LogP contribution in [0.5, 0.6) is 0 Å². The van der Waals surface area contributed by atoms with Crippen LogP contribution in [0.4, 0.5) is 17.6 Å². The molecule has 0 bridgehead atoms. The minimum atomic E-state index is -1.02. The van der Waals surface area contributed by atoms with Gasteiger partial charge in [-0.25, -0.2) is 8.78 Å². The van der Waals surface area contributed by atoms with Crippen LogP contribution in [0.3, 0.4) is 0 Å². The van der Waals surface area contributed by atoms with Crippen molar-refractivity contribution in [3.63, 3.8) is 0 Å². The fraction of sp³-hybridized carbons (Fsp3) is 0. The van der Waals surface area contributed by atoms with Gasteiger partial charge in [-0.2, -0.15) is 12.1 Å². The number of hydrogen-bond donors (Lipinski definition) is 0. The van der Waals surface area contributed by atoms with Gasteiger partial charge in [0.2, 0.25) is 0 Å². The summed E-state index contributed by atoms with van der Waals surface area (Å²) in [5, 5.41) is 0. The first-order chi connectivity index (χ1) is 8.06. The molecule has 0 nitrogen and oxygen atoms in total. The molecule has 2 aromatic carbocycles. The smallest absolute Gasteiger partial charge is 0.0504 e. The predicted molar refractivity (Wildman–Crippen MR) is 73.8 cm³/mol. The summed E-state index contributed by atoms with van der Waals surface area (Å²) in [6, 6.07) is 8.48. The molecule has 0 heterocycles. The third-order valence-corrected chi connectivity index (χ3v) is 2.79. The molecule has 0 N–H and O–H groups in total. The van der Waals surface area contributed by atoms with Crippen molar-refractivity contribution in [2.45, 2.75) is 9.79 Å². The van der Waals surface area contributed by atoms with Gasteiger partial charge in [0.25, 0.3) is 0 Å². The van der Waals surface area contributed by atoms with Crippen molar-refractivity contribution < 1.29 is 58.0 Å². The quantitative estimate of drug-likeness (QED) is 0.438. The van der Waals surface area contributed by atoms with E-state index in [9.17, 15) is 17.6 Å². The SMILES string of the molecule is Fc1c[c-]c(Sc2[c-]cc(F)c(F)c2)cc1F.[CH3-].[CH3-].[CH3-].[Sm]. The predicted octanol–water partition coefficient (Wildman–Crippen LogP) is 5.35. The van der Waals surface area contributed by atoms with E-state index in [1.807, 2.05) is 0 Å². The van der Waals surface area contributed by atoms with Crippen LogP contribution in [-0.4, -0.2) is 0 Å². The Morgan fingerprint density at radius 2 is 1.00 bits per heavy atom. The third-order valence-electron chi connectivity index (χ3n) is 1.87. The Morgan fingerprint density at radius 1 is 0.667 bits per heavy atom. The van der Waals surface area contributed by atoms with E-state index in [-0.39, 0.29) is 72.5 Å². The Bertz CT molecular complexity index is 512. The van der Waals surface area contributed by atoms with Crippen LogP contribution in [-0.2, 0) is 0 Å². The zero-order chi connectivity index (χ0) is 12.4. The standard InChI is InChI=1S/C12H4F4S.3CH3.Sm/c13-9-3-1-7(5-11(9)15)17-8-2-4-10(14)12(16)6-8;;;;/h3-6H;3*1H3;/q-2;3*-1;. The summed E-state index contributed by atoms with van der Waals surface area (Å²) < 4.78 is 51.0. The molecule has 0 saturated heterocycles. The van der Waals surface area contributed by atoms with Crippen molar-refractivity contribution in [2.24, 2.45) is 0 Å². The van der Waals surface area contributed by atoms with Crippen LogP contribution < -0.4 is 0 Å². The molecule has 0 saturated carbocycles. The Kier molecular flexibility index (Phi) is 14.0. The van der Waals surface area contributed by atoms with Crippen molar-refractivity contribution in [1.82, 2.24) is 0 Å². The van der Waals surface area contributed by atoms with E-state index < -0.39 is 23.3 Å². The zero-order valence-corrected chi connectivity index (χ0v) is 15.1. The van der Waals surface area contributed by atoms with Crippen molar-refractivity contribution in [3.8, 4) is 0 Å². The molecular weight excluding hydrogens is 439 g/mol. The number of halogens is 4. The van der Waals surface area contributed by atoms with E-state index in [1.54, 1.807) is 0 Å². The third kappa shape index (κ3) is 7.10. The first-order valence-corrected chi connectivity index (χ1v) is 5.29. The van der Waals surface area contributed by atoms with Gasteiger partial charge in [-0.3, -0.25) is 8.78 Å². The zero-order valence-electron chi connectivity index (χ0n) is 11.6. The molecule has 0 aromatic heterocycles. The molecule has 0 spiro atoms. The molecule has 0 aliphatic carbocycles. The normalized spacial score (nSPS) is 8.57. The molecule has 2 aromatic rings. The van der Waals surface area contributed by atoms with Gasteiger partial charge in [0, 0.05) is 52.0 Å². The summed E-state index contributed by atoms with van der Waals surface area (Å²) in [6.45, 7) is 0. The van der Waals surface area contributed by atoms with Gasteiger partial charge in [-0.05, 0) is 0 Å². The average molecular weight is 452 g/mol. The second-order valence-corrected chi connectivity index (χ2v) is 4.17. The maximum Gasteiger partial charge on any atom is 0.0504 e. The summed E-state index contributed by atoms with van der Waals surface area (Å²) in [6.07, 6.45) is 0. The van der Waals surface area contributed by atoms with Crippen LogP contribution in [0.15, 0.2) is 34.1 Å². The second-order valence-electron chi connectivity index (χ2n) is 3.09. The summed E-state index contributed by atoms with van der Waals surface area (Å²) in [7, 11) is 0. The Labute approximate surface area is 160 Å². The van der Waals surface area contributed by atoms with E-state index in [0.717, 1.165) is 36.0 Å². The molecule has 0 aliphatic rings. The van der Waals surface area contributed by atoms with Crippen molar-refractivity contribution >= 4 is 11.8 Å². The Balaban J connectivity index is -0.000000810. The van der Waals surface area contributed by atoms with Gasteiger partial charge >= 0.3 is 0 Å². The van der Waals surface area contributed by atoms with Crippen molar-refractivity contribution in [1.29, 1.82) is 0 Å². The van der Waals surface area contributed by atoms with Gasteiger partial charge in [-0.1, -0.05) is 0 Å². The van der Waals surface area contributed by atoms with Gasteiger partial charge in [0.05, 0.1) is 11.6 Å². The Morgan fingerprint density at radius 3 is 1.29 bits per heavy atom. The van der Waals surface area contributed by atoms with Crippen LogP contribution in [0.25, 0.3) is 0 Å². The van der Waals surface area contributed by atoms with E-state index in [0.29, 0.717) is 0 Å². The number of benzene rings is 2. The molecule has 118 valence electrons. The minimum Gasteiger partial charge on any atom is -0.358 e. The van der Waals surface area contributed by atoms with Crippen molar-refractivity contribution in [2.75, 3.05) is 0 Å². The van der Waals surface area contributed by atoms with Crippen LogP contribution >= 0.6 is 11.8 Å². The summed E-state index contributed by atoms with van der Waals surface area (Å²) in [5.74, 6) is -4.06. The first-order valence-electron chi connectivity index (χ1n) is 4.47. The maximum absolute atomic E-state index is 12.9. The molecule has 0 unspecified atom stereocenters. The van der Waals surface area contributed by atoms with Gasteiger partial charge < -0.3 is 22.3 Å². The fourth-order valence-electron chi connectivity index (χ4n) is 1.09. The molecule has 0 atom stereocenters. The molecule has 0 amide bonds. The molecule has 0 fully saturated rings. The van der Waals surface area contributed by atoms with E-state index >= 15 is 0 Å². The van der Waals surface area contributed by atoms with Gasteiger partial charge in [-0.15, -0.1) is 45.8 Å². The fourth-order valence-corrected chi connectivity index (χ4v) is 1.89. The van der Waals surface area contributed by atoms with Crippen LogP contribution in [0.2, 0.25) is 0 Å². The largest absolute Gasteiger partial charge is 0.358 e. The summed E-state index contributed by atoms with van der Waals surface area (Å²) in [4.78, 5) is 0.511. The maximum atomic E-state index is 12.9. The molecule has 6 heteroatoms. The molecule has 2 rings (SSSR count). The van der Waals surface area contributed by atoms with Crippen LogP contribution in [0.1, 0.15) is 0 Å². The topological polar surface area (TPSA) is 0 Å².